The summed E-state index contributed by atoms with van der Waals surface area (Å²) in [5.74, 6) is 0.929. The van der Waals surface area contributed by atoms with E-state index >= 15 is 0 Å². The minimum atomic E-state index is 0. The van der Waals surface area contributed by atoms with Crippen LogP contribution < -0.4 is 0 Å². The average Bonchev–Trinajstić information content (AvgIpc) is 2.85. The van der Waals surface area contributed by atoms with Crippen LogP contribution in [0.1, 0.15) is 27.6 Å². The van der Waals surface area contributed by atoms with Crippen molar-refractivity contribution in [2.45, 2.75) is 38.4 Å². The molecule has 0 aromatic heterocycles. The molecule has 3 aliphatic rings. The second-order valence-electron chi connectivity index (χ2n) is 3.74. The maximum Gasteiger partial charge on any atom is 0.0844 e. The van der Waals surface area contributed by atoms with Gasteiger partial charge in [-0.05, 0) is 25.2 Å². The van der Waals surface area contributed by atoms with Crippen molar-refractivity contribution in [2.24, 2.45) is 5.92 Å². The van der Waals surface area contributed by atoms with E-state index in [0.29, 0.717) is 12.2 Å². The van der Waals surface area contributed by atoms with E-state index in [1.54, 1.807) is 0 Å². The van der Waals surface area contributed by atoms with Crippen molar-refractivity contribution in [3.63, 3.8) is 0 Å². The molecule has 2 aliphatic heterocycles. The molecule has 2 heterocycles. The molecule has 1 saturated carbocycles. The molecule has 3 unspecified atom stereocenters. The van der Waals surface area contributed by atoms with Gasteiger partial charge in [0.2, 0.25) is 0 Å². The zero-order valence-corrected chi connectivity index (χ0v) is 7.08. The van der Waals surface area contributed by atoms with E-state index in [-0.39, 0.29) is 1.43 Å². The summed E-state index contributed by atoms with van der Waals surface area (Å²) in [6.07, 6.45) is 5.41. The smallest absolute Gasteiger partial charge is 0.0844 e. The summed E-state index contributed by atoms with van der Waals surface area (Å²) in [7, 11) is 0. The third kappa shape index (κ3) is 2.46. The van der Waals surface area contributed by atoms with E-state index in [0.717, 1.165) is 19.1 Å². The molecule has 2 saturated heterocycles. The van der Waals surface area contributed by atoms with Crippen LogP contribution >= 0.6 is 0 Å². The fourth-order valence-corrected chi connectivity index (χ4v) is 1.60. The highest BCUT2D eigenvalue weighted by atomic mass is 16.6. The van der Waals surface area contributed by atoms with Crippen LogP contribution in [0.25, 0.3) is 0 Å². The molecule has 3 rings (SSSR count). The number of hydrogen-bond acceptors (Lipinski definition) is 2. The standard InChI is InChI=1S/C7H12O.C2H4O.H2/c1-5-2-3-6-7(4-5)8-6;1-2-3-1;/h5-7H,2-4H2,1H3;1-2H2;1H. The molecular formula is C9H18O2. The third-order valence-corrected chi connectivity index (χ3v) is 2.47. The van der Waals surface area contributed by atoms with Crippen LogP contribution in [-0.2, 0) is 9.47 Å². The van der Waals surface area contributed by atoms with E-state index in [4.69, 9.17) is 4.74 Å². The molecular weight excluding hydrogens is 140 g/mol. The first-order valence-electron chi connectivity index (χ1n) is 4.59. The Morgan fingerprint density at radius 1 is 1.18 bits per heavy atom. The largest absolute Gasteiger partial charge is 0.377 e. The Morgan fingerprint density at radius 2 is 1.91 bits per heavy atom. The molecule has 0 N–H and O–H groups in total. The highest BCUT2D eigenvalue weighted by molar-refractivity contribution is 4.90. The summed E-state index contributed by atoms with van der Waals surface area (Å²) in [4.78, 5) is 0. The normalized spacial score (nSPS) is 45.0. The van der Waals surface area contributed by atoms with Crippen molar-refractivity contribution in [3.05, 3.63) is 0 Å². The predicted octanol–water partition coefficient (Wildman–Crippen LogP) is 1.84. The van der Waals surface area contributed by atoms with Gasteiger partial charge < -0.3 is 9.47 Å². The molecule has 0 bridgehead atoms. The van der Waals surface area contributed by atoms with Crippen molar-refractivity contribution in [1.82, 2.24) is 0 Å². The van der Waals surface area contributed by atoms with Gasteiger partial charge in [-0.15, -0.1) is 0 Å². The fraction of sp³-hybridized carbons (Fsp3) is 1.00. The molecule has 2 heteroatoms. The van der Waals surface area contributed by atoms with Gasteiger partial charge in [-0.1, -0.05) is 6.92 Å². The lowest BCUT2D eigenvalue weighted by Crippen LogP contribution is -2.09. The monoisotopic (exact) mass is 158 g/mol. The Bertz CT molecular complexity index is 136. The minimum absolute atomic E-state index is 0. The van der Waals surface area contributed by atoms with Crippen molar-refractivity contribution < 1.29 is 10.9 Å². The lowest BCUT2D eigenvalue weighted by Gasteiger charge is -2.11. The number of ether oxygens (including phenoxy) is 2. The van der Waals surface area contributed by atoms with Gasteiger partial charge in [-0.3, -0.25) is 0 Å². The van der Waals surface area contributed by atoms with Crippen LogP contribution in [0.2, 0.25) is 0 Å². The predicted molar refractivity (Wildman–Crippen MR) is 44.6 cm³/mol. The van der Waals surface area contributed by atoms with Gasteiger partial charge in [0.25, 0.3) is 0 Å². The summed E-state index contributed by atoms with van der Waals surface area (Å²) in [5.41, 5.74) is 0. The van der Waals surface area contributed by atoms with Crippen LogP contribution in [0.4, 0.5) is 0 Å². The Morgan fingerprint density at radius 3 is 2.36 bits per heavy atom. The molecule has 0 radical (unpaired) electrons. The summed E-state index contributed by atoms with van der Waals surface area (Å²) in [6, 6.07) is 0. The Balaban J connectivity index is 0.000000155. The van der Waals surface area contributed by atoms with Crippen LogP contribution in [-0.4, -0.2) is 25.4 Å². The van der Waals surface area contributed by atoms with Gasteiger partial charge in [0.05, 0.1) is 25.4 Å². The molecule has 3 atom stereocenters. The van der Waals surface area contributed by atoms with Crippen LogP contribution in [0.3, 0.4) is 0 Å². The Hall–Kier alpha value is -0.0800. The quantitative estimate of drug-likeness (QED) is 0.502. The lowest BCUT2D eigenvalue weighted by atomic mass is 9.91. The molecule has 11 heavy (non-hydrogen) atoms. The zero-order chi connectivity index (χ0) is 7.68. The molecule has 3 fully saturated rings. The topological polar surface area (TPSA) is 25.1 Å². The zero-order valence-electron chi connectivity index (χ0n) is 7.08. The lowest BCUT2D eigenvalue weighted by molar-refractivity contribution is 0.367. The van der Waals surface area contributed by atoms with Gasteiger partial charge in [0, 0.05) is 1.43 Å². The number of hydrogen-bond donors (Lipinski definition) is 0. The first-order valence-corrected chi connectivity index (χ1v) is 4.59. The van der Waals surface area contributed by atoms with Gasteiger partial charge in [-0.25, -0.2) is 0 Å². The van der Waals surface area contributed by atoms with Crippen molar-refractivity contribution in [2.75, 3.05) is 13.2 Å². The van der Waals surface area contributed by atoms with Crippen molar-refractivity contribution >= 4 is 0 Å². The minimum Gasteiger partial charge on any atom is -0.377 e. The van der Waals surface area contributed by atoms with Crippen LogP contribution in [0.15, 0.2) is 0 Å². The number of rotatable bonds is 0. The van der Waals surface area contributed by atoms with Crippen molar-refractivity contribution in [1.29, 1.82) is 0 Å². The fourth-order valence-electron chi connectivity index (χ4n) is 1.60. The van der Waals surface area contributed by atoms with Gasteiger partial charge in [0.15, 0.2) is 0 Å². The van der Waals surface area contributed by atoms with Crippen LogP contribution in [0.5, 0.6) is 0 Å². The van der Waals surface area contributed by atoms with Crippen molar-refractivity contribution in [3.8, 4) is 0 Å². The summed E-state index contributed by atoms with van der Waals surface area (Å²) >= 11 is 0. The Labute approximate surface area is 69.4 Å². The van der Waals surface area contributed by atoms with Gasteiger partial charge in [-0.2, -0.15) is 0 Å². The maximum absolute atomic E-state index is 5.35. The summed E-state index contributed by atoms with van der Waals surface area (Å²) < 4.78 is 9.85. The van der Waals surface area contributed by atoms with Gasteiger partial charge >= 0.3 is 0 Å². The second kappa shape index (κ2) is 3.11. The SMILES string of the molecule is C1CO1.CC1CCC2OC2C1.[HH]. The highest BCUT2D eigenvalue weighted by Crippen LogP contribution is 2.38. The number of fused-ring (bicyclic) bond motifs is 1. The van der Waals surface area contributed by atoms with Crippen LogP contribution in [0, 0.1) is 5.92 Å². The summed E-state index contributed by atoms with van der Waals surface area (Å²) in [5, 5.41) is 0. The highest BCUT2D eigenvalue weighted by Gasteiger charge is 2.42. The van der Waals surface area contributed by atoms with Gasteiger partial charge in [0.1, 0.15) is 0 Å². The van der Waals surface area contributed by atoms with E-state index in [9.17, 15) is 0 Å². The molecule has 2 nitrogen and oxygen atoms in total. The first-order chi connectivity index (χ1) is 5.36. The molecule has 1 aliphatic carbocycles. The van der Waals surface area contributed by atoms with E-state index < -0.39 is 0 Å². The second-order valence-corrected chi connectivity index (χ2v) is 3.74. The maximum atomic E-state index is 5.35. The molecule has 0 aromatic carbocycles. The number of epoxide rings is 2. The molecule has 0 amide bonds. The third-order valence-electron chi connectivity index (χ3n) is 2.47. The van der Waals surface area contributed by atoms with E-state index in [1.165, 1.54) is 19.3 Å². The molecule has 0 aromatic rings. The summed E-state index contributed by atoms with van der Waals surface area (Å²) in [6.45, 7) is 4.32. The molecule has 0 spiro atoms. The average molecular weight is 158 g/mol. The van der Waals surface area contributed by atoms with E-state index in [2.05, 4.69) is 11.7 Å². The van der Waals surface area contributed by atoms with E-state index in [1.807, 2.05) is 0 Å². The molecule has 66 valence electrons. The Kier molecular flexibility index (Phi) is 2.14. The first kappa shape index (κ1) is 7.56.